The number of aromatic amines is 1. The summed E-state index contributed by atoms with van der Waals surface area (Å²) in [5, 5.41) is 51.0. The first kappa shape index (κ1) is 39.9. The number of anilines is 1. The minimum Gasteiger partial charge on any atom is -0.546 e. The Labute approximate surface area is 343 Å². The van der Waals surface area contributed by atoms with Gasteiger partial charge in [0.05, 0.1) is 59.7 Å². The van der Waals surface area contributed by atoms with Gasteiger partial charge in [-0.25, -0.2) is 4.98 Å². The number of Topliss-reactive ketones (excluding diaryl/α,β-unsaturated/α-hetero) is 1. The summed E-state index contributed by atoms with van der Waals surface area (Å²) in [6.45, 7) is 5.44. The summed E-state index contributed by atoms with van der Waals surface area (Å²) in [5.41, 5.74) is 5.39. The molecule has 4 atom stereocenters. The van der Waals surface area contributed by atoms with E-state index in [4.69, 9.17) is 22.2 Å². The van der Waals surface area contributed by atoms with Gasteiger partial charge >= 0.3 is 29.6 Å². The second-order valence-electron chi connectivity index (χ2n) is 13.9. The Morgan fingerprint density at radius 2 is 2.04 bits per heavy atom. The van der Waals surface area contributed by atoms with Gasteiger partial charge in [0, 0.05) is 36.0 Å². The third kappa shape index (κ3) is 7.19. The predicted molar refractivity (Wildman–Crippen MR) is 189 cm³/mol. The molecule has 3 aromatic rings. The van der Waals surface area contributed by atoms with Crippen LogP contribution in [0.4, 0.5) is 5.13 Å². The number of phenolic OH excluding ortho intramolecular Hbond substituents is 2. The molecule has 0 radical (unpaired) electrons. The van der Waals surface area contributed by atoms with Gasteiger partial charge in [0.15, 0.2) is 33.7 Å². The number of tetrazole rings is 1. The van der Waals surface area contributed by atoms with Crippen molar-refractivity contribution in [2.24, 2.45) is 11.1 Å². The number of ketones is 1. The van der Waals surface area contributed by atoms with Crippen LogP contribution in [0.1, 0.15) is 55.0 Å². The zero-order valence-electron chi connectivity index (χ0n) is 29.5. The number of thiazole rings is 1. The molecule has 18 nitrogen and oxygen atoms in total. The van der Waals surface area contributed by atoms with E-state index in [9.17, 15) is 34.5 Å². The molecule has 3 fully saturated rings. The average molecular weight is 810 g/mol. The van der Waals surface area contributed by atoms with Gasteiger partial charge in [-0.05, 0) is 31.2 Å². The Balaban J connectivity index is 0.00000497. The van der Waals surface area contributed by atoms with E-state index in [1.54, 1.807) is 9.80 Å². The van der Waals surface area contributed by atoms with E-state index in [2.05, 4.69) is 30.8 Å². The molecule has 0 unspecified atom stereocenters. The Hall–Kier alpha value is -3.79. The molecule has 0 saturated carbocycles. The van der Waals surface area contributed by atoms with Crippen LogP contribution in [0.2, 0.25) is 5.02 Å². The van der Waals surface area contributed by atoms with Crippen molar-refractivity contribution in [2.75, 3.05) is 44.2 Å². The molecular weight excluding hydrogens is 775 g/mol. The largest absolute Gasteiger partial charge is 1.00 e. The Bertz CT molecular complexity index is 2060. The number of carbonyl (C=O) groups is 4. The number of carbonyl (C=O) groups excluding carboxylic acids is 4. The number of halogens is 1. The van der Waals surface area contributed by atoms with Crippen LogP contribution in [0, 0.1) is 5.92 Å². The number of β-lactam (4-membered cyclic amide) rings is 1. The van der Waals surface area contributed by atoms with E-state index in [1.807, 2.05) is 0 Å². The number of amides is 2. The van der Waals surface area contributed by atoms with E-state index < -0.39 is 40.1 Å². The van der Waals surface area contributed by atoms with Crippen molar-refractivity contribution in [1.29, 1.82) is 0 Å². The number of nitrogens with one attached hydrogen (secondary N) is 1. The predicted octanol–water partition coefficient (Wildman–Crippen LogP) is -2.41. The van der Waals surface area contributed by atoms with Gasteiger partial charge in [0.1, 0.15) is 18.3 Å². The molecule has 22 heteroatoms. The zero-order valence-corrected chi connectivity index (χ0v) is 33.9. The molecule has 4 aliphatic heterocycles. The first-order chi connectivity index (χ1) is 25.2. The maximum Gasteiger partial charge on any atom is 1.00 e. The van der Waals surface area contributed by atoms with Gasteiger partial charge < -0.3 is 40.1 Å². The number of fused-ring (bicyclic) bond motifs is 2. The average Bonchev–Trinajstić information content (AvgIpc) is 3.91. The van der Waals surface area contributed by atoms with Gasteiger partial charge in [-0.1, -0.05) is 16.8 Å². The number of nitrogen functional groups attached to an aromatic ring is 1. The molecule has 4 aliphatic rings. The monoisotopic (exact) mass is 809 g/mol. The minimum absolute atomic E-state index is 0. The van der Waals surface area contributed by atoms with E-state index in [0.717, 1.165) is 36.3 Å². The van der Waals surface area contributed by atoms with Crippen molar-refractivity contribution < 1.29 is 73.4 Å². The molecule has 2 aromatic heterocycles. The molecule has 3 saturated heterocycles. The fourth-order valence-corrected chi connectivity index (χ4v) is 9.60. The van der Waals surface area contributed by atoms with Crippen LogP contribution >= 0.6 is 34.7 Å². The maximum atomic E-state index is 14.0. The normalized spacial score (nSPS) is 24.0. The molecule has 0 aliphatic carbocycles. The summed E-state index contributed by atoms with van der Waals surface area (Å²) in [4.78, 5) is 65.3. The SMILES string of the molecule is CC(C)(O/N=C(\C(=O)C[C@@H]1C(=O)N2C(c3nn[nH]n3)=C(C[N@+]34CCC[C@H]3CN(C(=O)c3ccc(O)c(O)c3Cl)CC4)CS[C@H]12)c1csc(N)n1)C(=O)[O-].[Na+]. The molecule has 6 heterocycles. The summed E-state index contributed by atoms with van der Waals surface area (Å²) in [6, 6.07) is 2.74. The van der Waals surface area contributed by atoms with Crippen LogP contribution in [0.25, 0.3) is 5.70 Å². The number of carboxylic acid groups (broad SMARTS) is 1. The molecular formula is C32H35ClN10NaO8S2+. The van der Waals surface area contributed by atoms with Gasteiger partial charge in [-0.3, -0.25) is 19.3 Å². The molecule has 54 heavy (non-hydrogen) atoms. The third-order valence-electron chi connectivity index (χ3n) is 10.3. The quantitative estimate of drug-likeness (QED) is 0.0394. The van der Waals surface area contributed by atoms with Crippen molar-refractivity contribution in [2.45, 2.75) is 50.1 Å². The Morgan fingerprint density at radius 3 is 2.72 bits per heavy atom. The minimum atomic E-state index is -1.84. The van der Waals surface area contributed by atoms with E-state index in [1.165, 1.54) is 43.1 Å². The first-order valence-corrected chi connectivity index (χ1v) is 19.0. The first-order valence-electron chi connectivity index (χ1n) is 16.7. The van der Waals surface area contributed by atoms with Crippen molar-refractivity contribution in [3.8, 4) is 11.5 Å². The number of H-pyrrole nitrogens is 1. The Morgan fingerprint density at radius 1 is 1.26 bits per heavy atom. The van der Waals surface area contributed by atoms with Crippen LogP contribution in [-0.2, 0) is 19.2 Å². The fourth-order valence-electron chi connectivity index (χ4n) is 7.41. The second-order valence-corrected chi connectivity index (χ2v) is 16.3. The number of aliphatic carboxylic acids is 1. The van der Waals surface area contributed by atoms with Crippen molar-refractivity contribution in [3.63, 3.8) is 0 Å². The van der Waals surface area contributed by atoms with Gasteiger partial charge in [-0.2, -0.15) is 5.21 Å². The summed E-state index contributed by atoms with van der Waals surface area (Å²) < 4.78 is 0.697. The number of piperazine rings is 1. The van der Waals surface area contributed by atoms with Crippen molar-refractivity contribution in [3.05, 3.63) is 45.2 Å². The van der Waals surface area contributed by atoms with Crippen molar-refractivity contribution in [1.82, 2.24) is 35.4 Å². The summed E-state index contributed by atoms with van der Waals surface area (Å²) in [6.07, 6.45) is 1.57. The maximum absolute atomic E-state index is 14.0. The van der Waals surface area contributed by atoms with Crippen LogP contribution in [0.3, 0.4) is 0 Å². The third-order valence-corrected chi connectivity index (χ3v) is 12.7. The van der Waals surface area contributed by atoms with Gasteiger partial charge in [0.25, 0.3) is 5.91 Å². The molecule has 0 bridgehead atoms. The standard InChI is InChI=1S/C32H35ClN10O8S2.Na/c1-32(2,30(49)50)51-38-23(19-14-53-31(34)35-19)21(45)10-18-28(48)42-24(26-36-39-40-37-26)15(13-52-29(18)42)12-43-8-3-4-16(43)11-41(7-9-43)27(47)17-5-6-20(44)25(46)22(17)33;/h5-6,14,16,18,29H,3-4,7-13H2,1-2H3,(H5-,34,35,36,37,38,39,40,44,45,46,47,49,50);/q;+1/t16-,18+,29+,43+;/m0./s1. The number of aromatic hydroxyl groups is 2. The van der Waals surface area contributed by atoms with Crippen LogP contribution < -0.4 is 40.4 Å². The number of hydrogen-bond acceptors (Lipinski definition) is 16. The number of oxime groups is 1. The molecule has 280 valence electrons. The number of quaternary nitrogens is 1. The molecule has 1 aromatic carbocycles. The summed E-state index contributed by atoms with van der Waals surface area (Å²) in [7, 11) is 0. The number of nitrogens with two attached hydrogens (primary N) is 1. The number of rotatable bonds is 11. The van der Waals surface area contributed by atoms with E-state index in [-0.39, 0.29) is 86.8 Å². The molecule has 5 N–H and O–H groups in total. The summed E-state index contributed by atoms with van der Waals surface area (Å²) >= 11 is 8.82. The second kappa shape index (κ2) is 15.4. The summed E-state index contributed by atoms with van der Waals surface area (Å²) in [5.74, 6) is -3.66. The van der Waals surface area contributed by atoms with Gasteiger partial charge in [-0.15, -0.1) is 33.3 Å². The number of carboxylic acids is 1. The number of aromatic nitrogens is 5. The number of phenols is 2. The Kier molecular flexibility index (Phi) is 11.4. The number of hydrogen-bond donors (Lipinski definition) is 4. The van der Waals surface area contributed by atoms with E-state index in [0.29, 0.717) is 42.1 Å². The molecule has 7 rings (SSSR count). The fraction of sp³-hybridized carbons (Fsp3) is 0.469. The van der Waals surface area contributed by atoms with Crippen molar-refractivity contribution >= 4 is 74.8 Å². The number of benzene rings is 1. The zero-order chi connectivity index (χ0) is 37.8. The number of nitrogens with zero attached hydrogens (tertiary/aromatic N) is 8. The van der Waals surface area contributed by atoms with Crippen LogP contribution in [0.15, 0.2) is 28.2 Å². The van der Waals surface area contributed by atoms with Gasteiger partial charge in [0.2, 0.25) is 11.7 Å². The van der Waals surface area contributed by atoms with Crippen LogP contribution in [0.5, 0.6) is 11.5 Å². The topological polar surface area (TPSA) is 253 Å². The van der Waals surface area contributed by atoms with E-state index >= 15 is 0 Å². The molecule has 0 spiro atoms. The number of thioether (sulfide) groups is 1. The van der Waals surface area contributed by atoms with Crippen LogP contribution in [-0.4, -0.2) is 135 Å². The molecule has 2 amide bonds. The smallest absolute Gasteiger partial charge is 0.546 e.